The minimum Gasteiger partial charge on any atom is -0.388 e. The molecule has 0 aliphatic heterocycles. The maximum absolute atomic E-state index is 12.6. The van der Waals surface area contributed by atoms with Gasteiger partial charge in [-0.1, -0.05) is 18.2 Å². The van der Waals surface area contributed by atoms with Crippen LogP contribution in [0.15, 0.2) is 36.7 Å². The molecule has 3 aromatic rings. The lowest BCUT2D eigenvalue weighted by Gasteiger charge is -2.30. The Morgan fingerprint density at radius 3 is 2.55 bits per heavy atom. The zero-order valence-corrected chi connectivity index (χ0v) is 18.2. The van der Waals surface area contributed by atoms with Gasteiger partial charge in [0.05, 0.1) is 35.1 Å². The van der Waals surface area contributed by atoms with Crippen LogP contribution < -0.4 is 5.32 Å². The SMILES string of the molecule is Cc1nn(-c2ncc(C(=O)N[C@H]3CC[C@H](OCC(C)(C)O)CC3)cn2)c2ccccc12. The van der Waals surface area contributed by atoms with Gasteiger partial charge >= 0.3 is 0 Å². The number of rotatable bonds is 6. The van der Waals surface area contributed by atoms with E-state index in [2.05, 4.69) is 20.4 Å². The fourth-order valence-electron chi connectivity index (χ4n) is 3.89. The second-order valence-corrected chi connectivity index (χ2v) is 8.86. The van der Waals surface area contributed by atoms with E-state index in [1.165, 1.54) is 0 Å². The minimum atomic E-state index is -0.821. The number of nitrogens with zero attached hydrogens (tertiary/aromatic N) is 4. The molecule has 1 aromatic carbocycles. The Morgan fingerprint density at radius 2 is 1.87 bits per heavy atom. The Hall–Kier alpha value is -2.84. The molecule has 0 atom stereocenters. The van der Waals surface area contributed by atoms with E-state index in [1.54, 1.807) is 30.9 Å². The summed E-state index contributed by atoms with van der Waals surface area (Å²) in [6.07, 6.45) is 6.64. The van der Waals surface area contributed by atoms with Gasteiger partial charge in [-0.15, -0.1) is 0 Å². The first kappa shape index (κ1) is 21.4. The molecule has 1 fully saturated rings. The summed E-state index contributed by atoms with van der Waals surface area (Å²) < 4.78 is 7.48. The predicted molar refractivity (Wildman–Crippen MR) is 117 cm³/mol. The van der Waals surface area contributed by atoms with E-state index in [9.17, 15) is 9.90 Å². The zero-order chi connectivity index (χ0) is 22.0. The van der Waals surface area contributed by atoms with E-state index in [0.717, 1.165) is 42.3 Å². The first-order valence-electron chi connectivity index (χ1n) is 10.7. The first-order chi connectivity index (χ1) is 14.8. The highest BCUT2D eigenvalue weighted by Gasteiger charge is 2.25. The number of para-hydroxylation sites is 1. The van der Waals surface area contributed by atoms with Crippen LogP contribution in [-0.2, 0) is 4.74 Å². The molecule has 1 amide bonds. The van der Waals surface area contributed by atoms with E-state index in [1.807, 2.05) is 31.2 Å². The molecule has 1 aliphatic rings. The summed E-state index contributed by atoms with van der Waals surface area (Å²) in [4.78, 5) is 21.4. The number of amides is 1. The number of nitrogens with one attached hydrogen (secondary N) is 1. The highest BCUT2D eigenvalue weighted by atomic mass is 16.5. The Morgan fingerprint density at radius 1 is 1.19 bits per heavy atom. The molecule has 31 heavy (non-hydrogen) atoms. The topological polar surface area (TPSA) is 102 Å². The van der Waals surface area contributed by atoms with Gasteiger partial charge in [0.15, 0.2) is 0 Å². The van der Waals surface area contributed by atoms with Crippen molar-refractivity contribution < 1.29 is 14.6 Å². The number of hydrogen-bond acceptors (Lipinski definition) is 6. The van der Waals surface area contributed by atoms with Crippen LogP contribution in [0.1, 0.15) is 55.6 Å². The third-order valence-corrected chi connectivity index (χ3v) is 5.54. The molecule has 4 rings (SSSR count). The van der Waals surface area contributed by atoms with Crippen LogP contribution in [0, 0.1) is 6.92 Å². The number of aryl methyl sites for hydroxylation is 1. The average molecular weight is 424 g/mol. The number of aromatic nitrogens is 4. The Kier molecular flexibility index (Phi) is 6.02. The maximum atomic E-state index is 12.6. The van der Waals surface area contributed by atoms with Gasteiger partial charge in [-0.3, -0.25) is 4.79 Å². The number of hydrogen-bond donors (Lipinski definition) is 2. The molecule has 0 radical (unpaired) electrons. The van der Waals surface area contributed by atoms with E-state index < -0.39 is 5.60 Å². The molecular weight excluding hydrogens is 394 g/mol. The van der Waals surface area contributed by atoms with Crippen LogP contribution in [0.3, 0.4) is 0 Å². The van der Waals surface area contributed by atoms with Gasteiger partial charge in [-0.25, -0.2) is 9.97 Å². The van der Waals surface area contributed by atoms with Crippen molar-refractivity contribution in [2.75, 3.05) is 6.61 Å². The Balaban J connectivity index is 1.35. The second kappa shape index (κ2) is 8.72. The number of benzene rings is 1. The molecule has 8 heteroatoms. The van der Waals surface area contributed by atoms with Gasteiger partial charge in [0, 0.05) is 23.8 Å². The molecule has 2 N–H and O–H groups in total. The Bertz CT molecular complexity index is 1050. The lowest BCUT2D eigenvalue weighted by molar-refractivity contribution is -0.0640. The van der Waals surface area contributed by atoms with Crippen LogP contribution in [0.5, 0.6) is 0 Å². The van der Waals surface area contributed by atoms with E-state index >= 15 is 0 Å². The molecular formula is C23H29N5O3. The summed E-state index contributed by atoms with van der Waals surface area (Å²) in [5.41, 5.74) is 1.44. The molecule has 0 unspecified atom stereocenters. The van der Waals surface area contributed by atoms with Gasteiger partial charge in [-0.05, 0) is 52.5 Å². The number of aliphatic hydroxyl groups is 1. The van der Waals surface area contributed by atoms with Crippen LogP contribution in [-0.4, -0.2) is 55.1 Å². The summed E-state index contributed by atoms with van der Waals surface area (Å²) in [6.45, 7) is 5.75. The predicted octanol–water partition coefficient (Wildman–Crippen LogP) is 2.95. The monoisotopic (exact) mass is 423 g/mol. The quantitative estimate of drug-likeness (QED) is 0.632. The summed E-state index contributed by atoms with van der Waals surface area (Å²) in [6, 6.07) is 8.02. The molecule has 2 aromatic heterocycles. The van der Waals surface area contributed by atoms with Crippen LogP contribution in [0.4, 0.5) is 0 Å². The van der Waals surface area contributed by atoms with Crippen molar-refractivity contribution in [2.24, 2.45) is 0 Å². The highest BCUT2D eigenvalue weighted by Crippen LogP contribution is 2.23. The molecule has 0 bridgehead atoms. The van der Waals surface area contributed by atoms with Crippen molar-refractivity contribution in [3.63, 3.8) is 0 Å². The smallest absolute Gasteiger partial charge is 0.254 e. The van der Waals surface area contributed by atoms with Gasteiger partial charge in [0.1, 0.15) is 0 Å². The molecule has 164 valence electrons. The number of ether oxygens (including phenoxy) is 1. The average Bonchev–Trinajstić information content (AvgIpc) is 3.10. The summed E-state index contributed by atoms with van der Waals surface area (Å²) in [5.74, 6) is 0.263. The zero-order valence-electron chi connectivity index (χ0n) is 18.2. The largest absolute Gasteiger partial charge is 0.388 e. The van der Waals surface area contributed by atoms with Crippen molar-refractivity contribution in [1.82, 2.24) is 25.1 Å². The molecule has 0 saturated heterocycles. The Labute approximate surface area is 181 Å². The van der Waals surface area contributed by atoms with E-state index in [0.29, 0.717) is 18.1 Å². The lowest BCUT2D eigenvalue weighted by atomic mass is 9.92. The summed E-state index contributed by atoms with van der Waals surface area (Å²) in [7, 11) is 0. The van der Waals surface area contributed by atoms with Crippen molar-refractivity contribution in [1.29, 1.82) is 0 Å². The third kappa shape index (κ3) is 5.08. The van der Waals surface area contributed by atoms with Gasteiger partial charge < -0.3 is 15.2 Å². The van der Waals surface area contributed by atoms with Crippen molar-refractivity contribution in [3.05, 3.63) is 47.9 Å². The van der Waals surface area contributed by atoms with Crippen molar-refractivity contribution >= 4 is 16.8 Å². The fraction of sp³-hybridized carbons (Fsp3) is 0.478. The van der Waals surface area contributed by atoms with Crippen LogP contribution in [0.2, 0.25) is 0 Å². The van der Waals surface area contributed by atoms with E-state index in [-0.39, 0.29) is 18.1 Å². The highest BCUT2D eigenvalue weighted by molar-refractivity contribution is 5.93. The van der Waals surface area contributed by atoms with Crippen molar-refractivity contribution in [2.45, 2.75) is 64.2 Å². The fourth-order valence-corrected chi connectivity index (χ4v) is 3.89. The van der Waals surface area contributed by atoms with Crippen molar-refractivity contribution in [3.8, 4) is 5.95 Å². The molecule has 8 nitrogen and oxygen atoms in total. The molecule has 1 saturated carbocycles. The summed E-state index contributed by atoms with van der Waals surface area (Å²) in [5, 5.41) is 18.4. The van der Waals surface area contributed by atoms with E-state index in [4.69, 9.17) is 4.74 Å². The van der Waals surface area contributed by atoms with Gasteiger partial charge in [-0.2, -0.15) is 9.78 Å². The number of fused-ring (bicyclic) bond motifs is 1. The molecule has 1 aliphatic carbocycles. The second-order valence-electron chi connectivity index (χ2n) is 8.86. The molecule has 0 spiro atoms. The van der Waals surface area contributed by atoms with Gasteiger partial charge in [0.2, 0.25) is 0 Å². The maximum Gasteiger partial charge on any atom is 0.254 e. The first-order valence-corrected chi connectivity index (χ1v) is 10.7. The number of carbonyl (C=O) groups is 1. The van der Waals surface area contributed by atoms with Gasteiger partial charge in [0.25, 0.3) is 11.9 Å². The number of carbonyl (C=O) groups excluding carboxylic acids is 1. The standard InChI is InChI=1S/C23H29N5O3/c1-15-19-6-4-5-7-20(19)28(27-15)22-24-12-16(13-25-22)21(29)26-17-8-10-18(11-9-17)31-14-23(2,3)30/h4-7,12-13,17-18,30H,8-11,14H2,1-3H3,(H,26,29)/t17-,18-. The molecule has 2 heterocycles. The van der Waals surface area contributed by atoms with Crippen LogP contribution >= 0.6 is 0 Å². The minimum absolute atomic E-state index is 0.104. The normalized spacial score (nSPS) is 19.5. The lowest BCUT2D eigenvalue weighted by Crippen LogP contribution is -2.40. The summed E-state index contributed by atoms with van der Waals surface area (Å²) >= 11 is 0. The van der Waals surface area contributed by atoms with Crippen LogP contribution in [0.25, 0.3) is 16.9 Å². The third-order valence-electron chi connectivity index (χ3n) is 5.54.